The highest BCUT2D eigenvalue weighted by molar-refractivity contribution is 7.26. The fraction of sp³-hybridized carbons (Fsp3) is 0.115. The summed E-state index contributed by atoms with van der Waals surface area (Å²) in [6.07, 6.45) is 14.2. The lowest BCUT2D eigenvalue weighted by Crippen LogP contribution is -2.39. The van der Waals surface area contributed by atoms with Crippen molar-refractivity contribution in [2.45, 2.75) is 19.3 Å². The van der Waals surface area contributed by atoms with Gasteiger partial charge in [0.05, 0.1) is 16.1 Å². The number of anilines is 3. The van der Waals surface area contributed by atoms with E-state index in [1.54, 1.807) is 0 Å². The van der Waals surface area contributed by atoms with Crippen LogP contribution in [0, 0.1) is 17.8 Å². The van der Waals surface area contributed by atoms with E-state index in [9.17, 15) is 0 Å². The Hall–Kier alpha value is -6.16. The average Bonchev–Trinajstić information content (AvgIpc) is 3.83. The highest BCUT2D eigenvalue weighted by Gasteiger charge is 2.41. The van der Waals surface area contributed by atoms with Crippen molar-refractivity contribution >= 4 is 81.3 Å². The lowest BCUT2D eigenvalue weighted by Gasteiger charge is -2.44. The second-order valence-corrected chi connectivity index (χ2v) is 16.5. The molecular weight excluding hydrogens is 687 g/mol. The number of thiophene rings is 1. The van der Waals surface area contributed by atoms with E-state index in [-0.39, 0.29) is 5.41 Å². The third kappa shape index (κ3) is 4.93. The minimum Gasteiger partial charge on any atom is -0.455 e. The zero-order valence-corrected chi connectivity index (χ0v) is 31.6. The Morgan fingerprint density at radius 1 is 0.600 bits per heavy atom. The van der Waals surface area contributed by atoms with Crippen molar-refractivity contribution in [1.29, 1.82) is 0 Å². The molecule has 4 unspecified atom stereocenters. The molecule has 264 valence electrons. The summed E-state index contributed by atoms with van der Waals surface area (Å²) >= 11 is 1.87. The lowest BCUT2D eigenvalue weighted by molar-refractivity contribution is 0.271. The molecule has 0 aliphatic heterocycles. The molecule has 2 nitrogen and oxygen atoms in total. The van der Waals surface area contributed by atoms with E-state index >= 15 is 0 Å². The Morgan fingerprint density at radius 3 is 2.24 bits per heavy atom. The van der Waals surface area contributed by atoms with Gasteiger partial charge in [-0.05, 0) is 76.7 Å². The topological polar surface area (TPSA) is 16.4 Å². The molecule has 0 radical (unpaired) electrons. The van der Waals surface area contributed by atoms with Crippen LogP contribution in [0.3, 0.4) is 0 Å². The highest BCUT2D eigenvalue weighted by Crippen LogP contribution is 2.51. The minimum atomic E-state index is -0.104. The summed E-state index contributed by atoms with van der Waals surface area (Å²) in [6, 6.07) is 53.3. The van der Waals surface area contributed by atoms with E-state index in [4.69, 9.17) is 4.42 Å². The molecule has 55 heavy (non-hydrogen) atoms. The Balaban J connectivity index is 1.13. The van der Waals surface area contributed by atoms with Crippen LogP contribution in [-0.2, 0) is 5.41 Å². The maximum absolute atomic E-state index is 6.69. The van der Waals surface area contributed by atoms with Crippen molar-refractivity contribution in [2.75, 3.05) is 4.90 Å². The predicted octanol–water partition coefficient (Wildman–Crippen LogP) is 15.1. The molecule has 0 saturated heterocycles. The van der Waals surface area contributed by atoms with Crippen LogP contribution < -0.4 is 4.90 Å². The third-order valence-electron chi connectivity index (χ3n) is 12.4. The lowest BCUT2D eigenvalue weighted by atomic mass is 9.59. The summed E-state index contributed by atoms with van der Waals surface area (Å²) < 4.78 is 9.26. The zero-order chi connectivity index (χ0) is 36.7. The molecule has 0 bridgehead atoms. The van der Waals surface area contributed by atoms with Crippen molar-refractivity contribution in [1.82, 2.24) is 0 Å². The van der Waals surface area contributed by atoms with Crippen LogP contribution in [0.1, 0.15) is 19.4 Å². The summed E-state index contributed by atoms with van der Waals surface area (Å²) in [7, 11) is 0. The van der Waals surface area contributed by atoms with Gasteiger partial charge in [0, 0.05) is 48.3 Å². The summed E-state index contributed by atoms with van der Waals surface area (Å²) in [5, 5.41) is 7.17. The second kappa shape index (κ2) is 12.4. The monoisotopic (exact) mass is 725 g/mol. The molecule has 2 aromatic heterocycles. The molecule has 0 saturated carbocycles. The molecule has 2 aliphatic carbocycles. The van der Waals surface area contributed by atoms with Crippen LogP contribution in [0.15, 0.2) is 186 Å². The first kappa shape index (κ1) is 32.3. The molecule has 7 aromatic carbocycles. The first-order valence-corrected chi connectivity index (χ1v) is 20.2. The van der Waals surface area contributed by atoms with E-state index in [0.29, 0.717) is 17.8 Å². The first-order chi connectivity index (χ1) is 27.1. The van der Waals surface area contributed by atoms with Gasteiger partial charge in [0.2, 0.25) is 0 Å². The third-order valence-corrected chi connectivity index (χ3v) is 13.6. The van der Waals surface area contributed by atoms with Crippen LogP contribution in [0.5, 0.6) is 0 Å². The van der Waals surface area contributed by atoms with Crippen LogP contribution in [-0.4, -0.2) is 0 Å². The maximum Gasteiger partial charge on any atom is 0.143 e. The van der Waals surface area contributed by atoms with Crippen LogP contribution >= 0.6 is 11.3 Å². The molecule has 0 spiro atoms. The normalized spacial score (nSPS) is 20.6. The molecule has 2 aliphatic rings. The highest BCUT2D eigenvalue weighted by atomic mass is 32.1. The first-order valence-electron chi connectivity index (χ1n) is 19.3. The van der Waals surface area contributed by atoms with Gasteiger partial charge >= 0.3 is 0 Å². The van der Waals surface area contributed by atoms with Crippen molar-refractivity contribution < 1.29 is 4.42 Å². The molecule has 2 heterocycles. The second-order valence-electron chi connectivity index (χ2n) is 15.5. The Bertz CT molecular complexity index is 3050. The maximum atomic E-state index is 6.69. The molecule has 0 amide bonds. The van der Waals surface area contributed by atoms with Gasteiger partial charge < -0.3 is 9.32 Å². The van der Waals surface area contributed by atoms with E-state index in [2.05, 4.69) is 201 Å². The molecule has 0 fully saturated rings. The van der Waals surface area contributed by atoms with Crippen LogP contribution in [0.25, 0.3) is 64.0 Å². The zero-order valence-electron chi connectivity index (χ0n) is 30.8. The van der Waals surface area contributed by atoms with Crippen LogP contribution in [0.2, 0.25) is 0 Å². The van der Waals surface area contributed by atoms with Gasteiger partial charge in [-0.3, -0.25) is 0 Å². The van der Waals surface area contributed by atoms with Crippen molar-refractivity contribution in [2.24, 2.45) is 17.8 Å². The number of hydrogen-bond acceptors (Lipinski definition) is 3. The molecule has 11 rings (SSSR count). The van der Waals surface area contributed by atoms with Crippen molar-refractivity contribution in [3.63, 3.8) is 0 Å². The summed E-state index contributed by atoms with van der Waals surface area (Å²) in [6.45, 7) is 4.76. The summed E-state index contributed by atoms with van der Waals surface area (Å²) in [4.78, 5) is 2.49. The van der Waals surface area contributed by atoms with Gasteiger partial charge in [-0.25, -0.2) is 0 Å². The van der Waals surface area contributed by atoms with Gasteiger partial charge in [-0.2, -0.15) is 0 Å². The predicted molar refractivity (Wildman–Crippen MR) is 235 cm³/mol. The van der Waals surface area contributed by atoms with Gasteiger partial charge in [0.15, 0.2) is 0 Å². The van der Waals surface area contributed by atoms with Crippen molar-refractivity contribution in [3.05, 3.63) is 188 Å². The van der Waals surface area contributed by atoms with Gasteiger partial charge in [0.1, 0.15) is 11.2 Å². The average molecular weight is 726 g/mol. The van der Waals surface area contributed by atoms with Gasteiger partial charge in [0.25, 0.3) is 0 Å². The van der Waals surface area contributed by atoms with Crippen molar-refractivity contribution in [3.8, 4) is 11.1 Å². The number of allylic oxidation sites excluding steroid dienone is 6. The standard InChI is InChI=1S/C52H39NOS/c1-33-31-32-52(2,44-20-8-5-14-37(33)44)35-26-28-36(29-27-35)53(46-22-11-19-42-40-17-7-10-24-48(40)55-51(42)46)45-21-9-6-16-39(45)41-18-12-23-47-49(41)43-30-25-34-13-3-4-15-38(34)50(43)54-47/h3-33,37,44H,1-2H3. The number of nitrogens with zero attached hydrogens (tertiary/aromatic N) is 1. The number of benzene rings is 7. The van der Waals surface area contributed by atoms with E-state index < -0.39 is 0 Å². The quantitative estimate of drug-likeness (QED) is 0.164. The molecule has 3 heteroatoms. The molecular formula is C52H39NOS. The Kier molecular flexibility index (Phi) is 7.30. The number of para-hydroxylation sites is 1. The minimum absolute atomic E-state index is 0.104. The van der Waals surface area contributed by atoms with Crippen LogP contribution in [0.4, 0.5) is 17.1 Å². The van der Waals surface area contributed by atoms with E-state index in [1.807, 2.05) is 11.3 Å². The molecule has 9 aromatic rings. The smallest absolute Gasteiger partial charge is 0.143 e. The largest absolute Gasteiger partial charge is 0.455 e. The van der Waals surface area contributed by atoms with E-state index in [0.717, 1.165) is 49.8 Å². The molecule has 4 atom stereocenters. The SMILES string of the molecule is CC1C=CC(C)(c2ccc(N(c3ccccc3-c3cccc4oc5c6ccccc6ccc5c34)c3cccc4c3sc3ccccc34)cc2)C2C=CC=CC12. The van der Waals surface area contributed by atoms with Gasteiger partial charge in [-0.15, -0.1) is 11.3 Å². The Labute approximate surface area is 325 Å². The summed E-state index contributed by atoms with van der Waals surface area (Å²) in [5.74, 6) is 1.42. The number of fused-ring (bicyclic) bond motifs is 9. The fourth-order valence-electron chi connectivity index (χ4n) is 9.57. The Morgan fingerprint density at radius 2 is 1.33 bits per heavy atom. The number of rotatable bonds is 5. The van der Waals surface area contributed by atoms with Gasteiger partial charge in [-0.1, -0.05) is 153 Å². The molecule has 0 N–H and O–H groups in total. The van der Waals surface area contributed by atoms with E-state index in [1.165, 1.54) is 36.8 Å². The number of hydrogen-bond donors (Lipinski definition) is 0. The fourth-order valence-corrected chi connectivity index (χ4v) is 10.8. The summed E-state index contributed by atoms with van der Waals surface area (Å²) in [5.41, 5.74) is 8.81. The number of furan rings is 1.